The quantitative estimate of drug-likeness (QED) is 0.772. The number of aromatic hydroxyl groups is 1. The van der Waals surface area contributed by atoms with Crippen molar-refractivity contribution >= 4 is 24.2 Å². The largest absolute Gasteiger partial charge is 0.508 e. The topological polar surface area (TPSA) is 40.5 Å². The third-order valence-corrected chi connectivity index (χ3v) is 3.47. The normalized spacial score (nSPS) is 20.5. The molecule has 1 atom stereocenters. The molecule has 0 radical (unpaired) electrons. The predicted molar refractivity (Wildman–Crippen MR) is 67.2 cm³/mol. The SMILES string of the molecule is Cc1cc(N2CC(CS)CC2=O)ccc1O. The van der Waals surface area contributed by atoms with Crippen LogP contribution in [-0.4, -0.2) is 23.3 Å². The summed E-state index contributed by atoms with van der Waals surface area (Å²) in [7, 11) is 0. The zero-order valence-electron chi connectivity index (χ0n) is 9.18. The van der Waals surface area contributed by atoms with Crippen LogP contribution in [0.15, 0.2) is 18.2 Å². The molecule has 0 aromatic heterocycles. The van der Waals surface area contributed by atoms with Gasteiger partial charge in [0.15, 0.2) is 0 Å². The van der Waals surface area contributed by atoms with Gasteiger partial charge in [0.25, 0.3) is 0 Å². The number of carbonyl (C=O) groups is 1. The number of rotatable bonds is 2. The van der Waals surface area contributed by atoms with Crippen molar-refractivity contribution in [1.29, 1.82) is 0 Å². The van der Waals surface area contributed by atoms with Crippen molar-refractivity contribution in [3.63, 3.8) is 0 Å². The summed E-state index contributed by atoms with van der Waals surface area (Å²) in [4.78, 5) is 13.5. The van der Waals surface area contributed by atoms with Gasteiger partial charge in [0, 0.05) is 18.7 Å². The summed E-state index contributed by atoms with van der Waals surface area (Å²) < 4.78 is 0. The molecule has 86 valence electrons. The number of hydrogen-bond donors (Lipinski definition) is 2. The van der Waals surface area contributed by atoms with Crippen LogP contribution in [0.1, 0.15) is 12.0 Å². The maximum atomic E-state index is 11.8. The van der Waals surface area contributed by atoms with Crippen LogP contribution in [0.5, 0.6) is 5.75 Å². The van der Waals surface area contributed by atoms with Gasteiger partial charge in [0.05, 0.1) is 0 Å². The first-order valence-corrected chi connectivity index (χ1v) is 5.96. The van der Waals surface area contributed by atoms with Crippen LogP contribution in [0, 0.1) is 12.8 Å². The Morgan fingerprint density at radius 3 is 2.88 bits per heavy atom. The van der Waals surface area contributed by atoms with Crippen LogP contribution in [0.3, 0.4) is 0 Å². The molecule has 1 heterocycles. The van der Waals surface area contributed by atoms with Gasteiger partial charge in [0.2, 0.25) is 5.91 Å². The van der Waals surface area contributed by atoms with E-state index in [2.05, 4.69) is 12.6 Å². The molecule has 1 aliphatic rings. The average Bonchev–Trinajstić information content (AvgIpc) is 2.64. The second-order valence-corrected chi connectivity index (χ2v) is 4.59. The molecule has 0 saturated carbocycles. The molecule has 1 saturated heterocycles. The maximum Gasteiger partial charge on any atom is 0.227 e. The lowest BCUT2D eigenvalue weighted by atomic mass is 10.1. The third kappa shape index (κ3) is 2.02. The fraction of sp³-hybridized carbons (Fsp3) is 0.417. The lowest BCUT2D eigenvalue weighted by molar-refractivity contribution is -0.117. The third-order valence-electron chi connectivity index (χ3n) is 2.96. The lowest BCUT2D eigenvalue weighted by Gasteiger charge is -2.17. The number of benzene rings is 1. The Balaban J connectivity index is 2.24. The minimum absolute atomic E-state index is 0.143. The first-order valence-electron chi connectivity index (χ1n) is 5.32. The number of carbonyl (C=O) groups excluding carboxylic acids is 1. The Bertz CT molecular complexity index is 419. The Labute approximate surface area is 100 Å². The van der Waals surface area contributed by atoms with Gasteiger partial charge < -0.3 is 10.0 Å². The van der Waals surface area contributed by atoms with Crippen molar-refractivity contribution in [2.75, 3.05) is 17.2 Å². The Morgan fingerprint density at radius 2 is 2.31 bits per heavy atom. The van der Waals surface area contributed by atoms with E-state index in [1.807, 2.05) is 13.0 Å². The van der Waals surface area contributed by atoms with Crippen molar-refractivity contribution in [2.45, 2.75) is 13.3 Å². The number of thiol groups is 1. The molecule has 0 bridgehead atoms. The summed E-state index contributed by atoms with van der Waals surface area (Å²) in [5, 5.41) is 9.43. The molecular weight excluding hydrogens is 222 g/mol. The number of hydrogen-bond acceptors (Lipinski definition) is 3. The molecule has 4 heteroatoms. The summed E-state index contributed by atoms with van der Waals surface area (Å²) >= 11 is 4.23. The van der Waals surface area contributed by atoms with Crippen LogP contribution in [0.2, 0.25) is 0 Å². The summed E-state index contributed by atoms with van der Waals surface area (Å²) in [5.41, 5.74) is 1.66. The van der Waals surface area contributed by atoms with Crippen molar-refractivity contribution in [3.8, 4) is 5.75 Å². The standard InChI is InChI=1S/C12H15NO2S/c1-8-4-10(2-3-11(8)14)13-6-9(7-16)5-12(13)15/h2-4,9,14,16H,5-7H2,1H3. The summed E-state index contributed by atoms with van der Waals surface area (Å²) in [5.74, 6) is 1.48. The number of anilines is 1. The zero-order valence-corrected chi connectivity index (χ0v) is 10.1. The first-order chi connectivity index (χ1) is 7.61. The first kappa shape index (κ1) is 11.3. The van der Waals surface area contributed by atoms with Gasteiger partial charge in [-0.3, -0.25) is 4.79 Å². The smallest absolute Gasteiger partial charge is 0.227 e. The van der Waals surface area contributed by atoms with Gasteiger partial charge in [-0.2, -0.15) is 12.6 Å². The summed E-state index contributed by atoms with van der Waals surface area (Å²) in [6, 6.07) is 5.25. The van der Waals surface area contributed by atoms with E-state index in [1.165, 1.54) is 0 Å². The number of amides is 1. The minimum atomic E-state index is 0.143. The molecule has 1 N–H and O–H groups in total. The van der Waals surface area contributed by atoms with E-state index < -0.39 is 0 Å². The van der Waals surface area contributed by atoms with Gasteiger partial charge in [-0.25, -0.2) is 0 Å². The van der Waals surface area contributed by atoms with Crippen LogP contribution in [0.25, 0.3) is 0 Å². The van der Waals surface area contributed by atoms with E-state index in [4.69, 9.17) is 0 Å². The highest BCUT2D eigenvalue weighted by Crippen LogP contribution is 2.28. The number of nitrogens with zero attached hydrogens (tertiary/aromatic N) is 1. The highest BCUT2D eigenvalue weighted by atomic mass is 32.1. The maximum absolute atomic E-state index is 11.8. The van der Waals surface area contributed by atoms with Crippen molar-refractivity contribution < 1.29 is 9.90 Å². The molecule has 2 rings (SSSR count). The molecule has 16 heavy (non-hydrogen) atoms. The van der Waals surface area contributed by atoms with Gasteiger partial charge >= 0.3 is 0 Å². The second kappa shape index (κ2) is 4.37. The molecule has 3 nitrogen and oxygen atoms in total. The van der Waals surface area contributed by atoms with Crippen molar-refractivity contribution in [3.05, 3.63) is 23.8 Å². The molecule has 0 aliphatic carbocycles. The van der Waals surface area contributed by atoms with E-state index in [9.17, 15) is 9.90 Å². The number of phenolic OH excluding ortho intramolecular Hbond substituents is 1. The number of aryl methyl sites for hydroxylation is 1. The fourth-order valence-corrected chi connectivity index (χ4v) is 2.21. The van der Waals surface area contributed by atoms with E-state index in [-0.39, 0.29) is 11.7 Å². The monoisotopic (exact) mass is 237 g/mol. The Morgan fingerprint density at radius 1 is 1.56 bits per heavy atom. The minimum Gasteiger partial charge on any atom is -0.508 e. The van der Waals surface area contributed by atoms with Gasteiger partial charge in [-0.1, -0.05) is 0 Å². The molecule has 1 fully saturated rings. The number of phenols is 1. The van der Waals surface area contributed by atoms with Gasteiger partial charge in [0.1, 0.15) is 5.75 Å². The second-order valence-electron chi connectivity index (χ2n) is 4.23. The van der Waals surface area contributed by atoms with Crippen LogP contribution >= 0.6 is 12.6 Å². The summed E-state index contributed by atoms with van der Waals surface area (Å²) in [6.45, 7) is 2.56. The summed E-state index contributed by atoms with van der Waals surface area (Å²) in [6.07, 6.45) is 0.573. The lowest BCUT2D eigenvalue weighted by Crippen LogP contribution is -2.24. The highest BCUT2D eigenvalue weighted by molar-refractivity contribution is 7.80. The molecule has 1 aliphatic heterocycles. The molecule has 0 spiro atoms. The van der Waals surface area contributed by atoms with E-state index in [0.717, 1.165) is 23.5 Å². The molecular formula is C12H15NO2S. The average molecular weight is 237 g/mol. The zero-order chi connectivity index (χ0) is 11.7. The van der Waals surface area contributed by atoms with Gasteiger partial charge in [-0.05, 0) is 42.4 Å². The van der Waals surface area contributed by atoms with Crippen molar-refractivity contribution in [2.24, 2.45) is 5.92 Å². The van der Waals surface area contributed by atoms with Crippen LogP contribution in [-0.2, 0) is 4.79 Å². The molecule has 1 aromatic rings. The fourth-order valence-electron chi connectivity index (χ4n) is 1.96. The Kier molecular flexibility index (Phi) is 3.10. The predicted octanol–water partition coefficient (Wildman–Crippen LogP) is 1.98. The van der Waals surface area contributed by atoms with E-state index in [1.54, 1.807) is 17.0 Å². The highest BCUT2D eigenvalue weighted by Gasteiger charge is 2.29. The van der Waals surface area contributed by atoms with Crippen molar-refractivity contribution in [1.82, 2.24) is 0 Å². The van der Waals surface area contributed by atoms with Crippen LogP contribution < -0.4 is 4.90 Å². The van der Waals surface area contributed by atoms with E-state index >= 15 is 0 Å². The van der Waals surface area contributed by atoms with Crippen LogP contribution in [0.4, 0.5) is 5.69 Å². The molecule has 1 aromatic carbocycles. The van der Waals surface area contributed by atoms with E-state index in [0.29, 0.717) is 12.3 Å². The molecule has 1 unspecified atom stereocenters. The Hall–Kier alpha value is -1.16. The molecule has 1 amide bonds. The van der Waals surface area contributed by atoms with Gasteiger partial charge in [-0.15, -0.1) is 0 Å².